The number of benzene rings is 1. The number of imide groups is 1. The highest BCUT2D eigenvalue weighted by Crippen LogP contribution is 2.32. The van der Waals surface area contributed by atoms with Gasteiger partial charge in [-0.05, 0) is 23.6 Å². The summed E-state index contributed by atoms with van der Waals surface area (Å²) in [6.07, 6.45) is 1.08. The zero-order chi connectivity index (χ0) is 13.1. The fraction of sp³-hybridized carbons (Fsp3) is 0.250. The third kappa shape index (κ3) is 2.85. The van der Waals surface area contributed by atoms with Gasteiger partial charge in [0.05, 0.1) is 0 Å². The lowest BCUT2D eigenvalue weighted by Crippen LogP contribution is -2.53. The fourth-order valence-electron chi connectivity index (χ4n) is 1.66. The number of nitrogens with one attached hydrogen (secondary N) is 1. The molecule has 1 saturated heterocycles. The van der Waals surface area contributed by atoms with Gasteiger partial charge in [0.25, 0.3) is 0 Å². The molecule has 0 spiro atoms. The van der Waals surface area contributed by atoms with Crippen LogP contribution in [0.25, 0.3) is 11.1 Å². The van der Waals surface area contributed by atoms with Crippen molar-refractivity contribution in [1.29, 1.82) is 0 Å². The van der Waals surface area contributed by atoms with Gasteiger partial charge in [-0.3, -0.25) is 9.59 Å². The molecule has 0 aromatic heterocycles. The molecule has 0 aromatic carbocycles. The Balaban J connectivity index is 0.000000164. The zero-order valence-corrected chi connectivity index (χ0v) is 9.68. The van der Waals surface area contributed by atoms with E-state index in [9.17, 15) is 14.4 Å². The molecule has 3 aliphatic rings. The van der Waals surface area contributed by atoms with E-state index in [4.69, 9.17) is 5.73 Å². The minimum absolute atomic E-state index is 0.270. The van der Waals surface area contributed by atoms with Crippen molar-refractivity contribution >= 4 is 17.8 Å². The van der Waals surface area contributed by atoms with E-state index in [1.165, 1.54) is 11.1 Å². The molecule has 6 nitrogen and oxygen atoms in total. The third-order valence-electron chi connectivity index (χ3n) is 2.61. The second kappa shape index (κ2) is 4.87. The highest BCUT2D eigenvalue weighted by Gasteiger charge is 2.26. The van der Waals surface area contributed by atoms with Crippen molar-refractivity contribution in [2.75, 3.05) is 0 Å². The summed E-state index contributed by atoms with van der Waals surface area (Å²) in [6, 6.07) is 7.58. The maximum Gasteiger partial charge on any atom is 0.331 e. The molecular formula is C12H13N3O3. The average molecular weight is 247 g/mol. The number of fused-ring (bicyclic) bond motifs is 1. The van der Waals surface area contributed by atoms with Gasteiger partial charge in [-0.2, -0.15) is 5.01 Å². The first-order chi connectivity index (χ1) is 8.58. The molecule has 1 heterocycles. The van der Waals surface area contributed by atoms with Gasteiger partial charge in [0.1, 0.15) is 0 Å². The van der Waals surface area contributed by atoms with Gasteiger partial charge in [-0.1, -0.05) is 18.2 Å². The number of nitrogens with two attached hydrogens (primary N) is 1. The molecule has 0 atom stereocenters. The number of piperidine rings is 1. The molecule has 0 radical (unpaired) electrons. The van der Waals surface area contributed by atoms with Crippen LogP contribution in [0.15, 0.2) is 24.3 Å². The molecule has 0 aromatic rings. The van der Waals surface area contributed by atoms with Gasteiger partial charge >= 0.3 is 6.03 Å². The van der Waals surface area contributed by atoms with Gasteiger partial charge in [-0.15, -0.1) is 0 Å². The smallest absolute Gasteiger partial charge is 0.331 e. The van der Waals surface area contributed by atoms with Crippen LogP contribution in [-0.2, 0) is 9.59 Å². The fourth-order valence-corrected chi connectivity index (χ4v) is 1.66. The van der Waals surface area contributed by atoms with Crippen LogP contribution in [0.2, 0.25) is 0 Å². The minimum Gasteiger partial charge on any atom is -0.350 e. The summed E-state index contributed by atoms with van der Waals surface area (Å²) >= 11 is 0. The molecule has 2 aliphatic carbocycles. The second-order valence-corrected chi connectivity index (χ2v) is 4.03. The maximum absolute atomic E-state index is 11.0. The summed E-state index contributed by atoms with van der Waals surface area (Å²) in [5.74, 6) is -0.824. The van der Waals surface area contributed by atoms with E-state index in [1.54, 1.807) is 0 Å². The van der Waals surface area contributed by atoms with E-state index in [1.807, 2.05) is 5.43 Å². The Kier molecular flexibility index (Phi) is 3.27. The molecule has 1 fully saturated rings. The molecule has 4 amide bonds. The maximum atomic E-state index is 11.0. The van der Waals surface area contributed by atoms with Crippen LogP contribution in [-0.4, -0.2) is 22.9 Å². The summed E-state index contributed by atoms with van der Waals surface area (Å²) in [7, 11) is 0. The van der Waals surface area contributed by atoms with Gasteiger partial charge in [0.2, 0.25) is 11.8 Å². The molecule has 0 saturated carbocycles. The second-order valence-electron chi connectivity index (χ2n) is 4.03. The van der Waals surface area contributed by atoms with Crippen LogP contribution in [0, 0.1) is 0 Å². The number of nitrogens with zero attached hydrogens (tertiary/aromatic N) is 1. The van der Waals surface area contributed by atoms with Gasteiger partial charge < -0.3 is 5.73 Å². The Morgan fingerprint density at radius 1 is 1.17 bits per heavy atom. The van der Waals surface area contributed by atoms with Crippen LogP contribution in [0.3, 0.4) is 0 Å². The van der Waals surface area contributed by atoms with E-state index >= 15 is 0 Å². The van der Waals surface area contributed by atoms with E-state index in [-0.39, 0.29) is 12.8 Å². The van der Waals surface area contributed by atoms with Crippen LogP contribution in [0.5, 0.6) is 0 Å². The number of carbonyl (C=O) groups excluding carboxylic acids is 3. The van der Waals surface area contributed by atoms with Crippen molar-refractivity contribution in [3.05, 3.63) is 24.3 Å². The standard InChI is InChI=1S/C6H9N3O3.C6H4/c7-6(12)8-9-4(10)2-1-3-5(9)11;1-2-5-4-6(5)3-1/h1-3H2,(H3,7,8,12);1-4H. The van der Waals surface area contributed by atoms with Crippen LogP contribution >= 0.6 is 0 Å². The summed E-state index contributed by atoms with van der Waals surface area (Å²) in [6.45, 7) is 0. The first kappa shape index (κ1) is 12.1. The SMILES string of the molecule is NC(=O)NN1C(=O)CCCC1=O.c1cc2cc-2c1. The summed E-state index contributed by atoms with van der Waals surface area (Å²) in [4.78, 5) is 32.3. The normalized spacial score (nSPS) is 15.7. The van der Waals surface area contributed by atoms with Gasteiger partial charge in [0.15, 0.2) is 0 Å². The number of hydrogen-bond donors (Lipinski definition) is 2. The number of amides is 4. The van der Waals surface area contributed by atoms with E-state index in [0.29, 0.717) is 11.4 Å². The van der Waals surface area contributed by atoms with Crippen molar-refractivity contribution in [3.8, 4) is 11.1 Å². The molecule has 0 bridgehead atoms. The van der Waals surface area contributed by atoms with E-state index < -0.39 is 17.8 Å². The quantitative estimate of drug-likeness (QED) is 0.729. The highest BCUT2D eigenvalue weighted by molar-refractivity contribution is 5.98. The molecule has 0 unspecified atom stereocenters. The number of hydrogen-bond acceptors (Lipinski definition) is 3. The Morgan fingerprint density at radius 3 is 2.06 bits per heavy atom. The van der Waals surface area contributed by atoms with Crippen LogP contribution in [0.1, 0.15) is 19.3 Å². The van der Waals surface area contributed by atoms with Crippen molar-refractivity contribution in [2.45, 2.75) is 19.3 Å². The van der Waals surface area contributed by atoms with Crippen LogP contribution in [0.4, 0.5) is 4.79 Å². The number of primary amides is 1. The summed E-state index contributed by atoms with van der Waals surface area (Å²) < 4.78 is 0. The number of carbonyl (C=O) groups is 3. The molecule has 3 N–H and O–H groups in total. The lowest BCUT2D eigenvalue weighted by atomic mass is 10.1. The molecule has 94 valence electrons. The van der Waals surface area contributed by atoms with Gasteiger partial charge in [0, 0.05) is 12.8 Å². The molecule has 3 rings (SSSR count). The molecule has 18 heavy (non-hydrogen) atoms. The monoisotopic (exact) mass is 247 g/mol. The predicted molar refractivity (Wildman–Crippen MR) is 63.9 cm³/mol. The zero-order valence-electron chi connectivity index (χ0n) is 9.68. The van der Waals surface area contributed by atoms with Gasteiger partial charge in [-0.25, -0.2) is 10.2 Å². The highest BCUT2D eigenvalue weighted by atomic mass is 16.2. The number of urea groups is 1. The molecule has 1 aliphatic heterocycles. The van der Waals surface area contributed by atoms with Crippen molar-refractivity contribution < 1.29 is 14.4 Å². The Bertz CT molecular complexity index is 480. The minimum atomic E-state index is -0.904. The van der Waals surface area contributed by atoms with Crippen molar-refractivity contribution in [1.82, 2.24) is 10.4 Å². The Morgan fingerprint density at radius 2 is 1.72 bits per heavy atom. The topological polar surface area (TPSA) is 92.5 Å². The van der Waals surface area contributed by atoms with Crippen molar-refractivity contribution in [2.24, 2.45) is 5.73 Å². The molecular weight excluding hydrogens is 234 g/mol. The predicted octanol–water partition coefficient (Wildman–Crippen LogP) is 0.776. The first-order valence-corrected chi connectivity index (χ1v) is 5.60. The molecule has 6 heteroatoms. The first-order valence-electron chi connectivity index (χ1n) is 5.60. The lowest BCUT2D eigenvalue weighted by Gasteiger charge is -2.23. The third-order valence-corrected chi connectivity index (χ3v) is 2.61. The lowest BCUT2D eigenvalue weighted by molar-refractivity contribution is -0.150. The summed E-state index contributed by atoms with van der Waals surface area (Å²) in [5.41, 5.74) is 9.56. The Hall–Kier alpha value is -2.37. The Labute approximate surface area is 104 Å². The number of rotatable bonds is 1. The van der Waals surface area contributed by atoms with Crippen molar-refractivity contribution in [3.63, 3.8) is 0 Å². The number of hydrazine groups is 1. The average Bonchev–Trinajstić information content (AvgIpc) is 2.92. The van der Waals surface area contributed by atoms with E-state index in [2.05, 4.69) is 24.3 Å². The summed E-state index contributed by atoms with van der Waals surface area (Å²) in [5, 5.41) is 0.672. The van der Waals surface area contributed by atoms with Crippen LogP contribution < -0.4 is 11.2 Å². The largest absolute Gasteiger partial charge is 0.350 e. The van der Waals surface area contributed by atoms with E-state index in [0.717, 1.165) is 0 Å².